The van der Waals surface area contributed by atoms with E-state index in [9.17, 15) is 4.79 Å². The summed E-state index contributed by atoms with van der Waals surface area (Å²) in [4.78, 5) is 12.8. The Kier molecular flexibility index (Phi) is 15.9. The topological polar surface area (TPSA) is 89.2 Å². The summed E-state index contributed by atoms with van der Waals surface area (Å²) in [6.45, 7) is 8.08. The fraction of sp³-hybridized carbons (Fsp3) is 0.483. The van der Waals surface area contributed by atoms with Crippen molar-refractivity contribution in [3.8, 4) is 24.1 Å². The van der Waals surface area contributed by atoms with Crippen LogP contribution in [0.15, 0.2) is 42.7 Å². The van der Waals surface area contributed by atoms with Crippen molar-refractivity contribution in [2.45, 2.75) is 39.2 Å². The molecule has 38 heavy (non-hydrogen) atoms. The fourth-order valence-electron chi connectivity index (χ4n) is 4.22. The molecular weight excluding hydrogens is 478 g/mol. The van der Waals surface area contributed by atoms with Crippen LogP contribution in [0.5, 0.6) is 0 Å². The van der Waals surface area contributed by atoms with Gasteiger partial charge in [0, 0.05) is 71.3 Å². The second-order valence-electron chi connectivity index (χ2n) is 8.84. The summed E-state index contributed by atoms with van der Waals surface area (Å²) in [6, 6.07) is 11.0. The molecular formula is C29H45N7O2. The van der Waals surface area contributed by atoms with Gasteiger partial charge in [-0.3, -0.25) is 14.2 Å². The number of hydrogen-bond donors (Lipinski definition) is 2. The van der Waals surface area contributed by atoms with Crippen LogP contribution < -0.4 is 10.6 Å². The third-order valence-corrected chi connectivity index (χ3v) is 6.15. The van der Waals surface area contributed by atoms with Crippen LogP contribution in [0, 0.1) is 19.8 Å². The number of carbonyl (C=O) groups excluding carboxylic acids is 1. The number of aromatic nitrogens is 4. The minimum Gasteiger partial charge on any atom is -0.385 e. The monoisotopic (exact) mass is 523 g/mol. The lowest BCUT2D eigenvalue weighted by atomic mass is 10.1. The lowest BCUT2D eigenvalue weighted by Gasteiger charge is -2.15. The zero-order valence-corrected chi connectivity index (χ0v) is 23.9. The third-order valence-electron chi connectivity index (χ3n) is 6.15. The molecule has 2 aromatic heterocycles. The third kappa shape index (κ3) is 10.8. The van der Waals surface area contributed by atoms with Crippen LogP contribution >= 0.6 is 0 Å². The number of ether oxygens (including phenoxy) is 1. The first-order chi connectivity index (χ1) is 18.4. The van der Waals surface area contributed by atoms with E-state index in [1.807, 2.05) is 45.1 Å². The number of nitrogens with one attached hydrogen (secondary N) is 2. The normalized spacial score (nSPS) is 14.2. The molecule has 0 saturated carbocycles. The molecule has 9 nitrogen and oxygen atoms in total. The summed E-state index contributed by atoms with van der Waals surface area (Å²) in [7, 11) is 7.41. The minimum atomic E-state index is 0.365. The summed E-state index contributed by atoms with van der Waals surface area (Å²) in [6.07, 6.45) is 16.0. The summed E-state index contributed by atoms with van der Waals surface area (Å²) in [5.74, 6) is 1.04. The minimum absolute atomic E-state index is 0.365. The van der Waals surface area contributed by atoms with E-state index in [1.165, 1.54) is 12.0 Å². The number of aryl methyl sites for hydroxylation is 3. The first kappa shape index (κ1) is 32.4. The van der Waals surface area contributed by atoms with Gasteiger partial charge in [0.25, 0.3) is 0 Å². The average molecular weight is 524 g/mol. The van der Waals surface area contributed by atoms with E-state index >= 15 is 0 Å². The number of terminal acetylenes is 1. The van der Waals surface area contributed by atoms with Crippen LogP contribution in [-0.2, 0) is 30.0 Å². The second kappa shape index (κ2) is 18.6. The number of anilines is 1. The second-order valence-corrected chi connectivity index (χ2v) is 8.84. The van der Waals surface area contributed by atoms with Crippen molar-refractivity contribution < 1.29 is 9.53 Å². The van der Waals surface area contributed by atoms with Gasteiger partial charge in [-0.1, -0.05) is 30.3 Å². The van der Waals surface area contributed by atoms with Gasteiger partial charge >= 0.3 is 0 Å². The van der Waals surface area contributed by atoms with Crippen molar-refractivity contribution >= 4 is 12.2 Å². The number of likely N-dealkylation sites (tertiary alicyclic amines) is 1. The summed E-state index contributed by atoms with van der Waals surface area (Å²) in [5.41, 5.74) is 4.59. The highest BCUT2D eigenvalue weighted by atomic mass is 16.5. The van der Waals surface area contributed by atoms with Gasteiger partial charge in [0.05, 0.1) is 6.20 Å². The van der Waals surface area contributed by atoms with Crippen molar-refractivity contribution in [2.75, 3.05) is 45.7 Å². The number of amides is 1. The standard InChI is InChI=1S/C14H20N2O.C10H15N5.C3H8O.C2H2/c17-12-15-14-8-10-16(11-14)9-4-7-13-5-2-1-3-6-13;1-7-9(8-5-12-14(3)6-8)13-15(4)10(7)11-2;1-3-4-2;1-2/h1-3,5-6,12,14H,4,7-11H2,(H,15,17);5-6,11H,1-4H3;3H2,1-2H3;1-2H. The van der Waals surface area contributed by atoms with E-state index in [-0.39, 0.29) is 0 Å². The number of rotatable bonds is 9. The molecule has 3 aromatic rings. The van der Waals surface area contributed by atoms with Crippen LogP contribution in [0.1, 0.15) is 30.9 Å². The Morgan fingerprint density at radius 3 is 2.42 bits per heavy atom. The highest BCUT2D eigenvalue weighted by Gasteiger charge is 2.20. The van der Waals surface area contributed by atoms with Crippen molar-refractivity contribution in [3.05, 3.63) is 53.9 Å². The van der Waals surface area contributed by atoms with Crippen molar-refractivity contribution in [1.82, 2.24) is 29.8 Å². The number of nitrogens with zero attached hydrogens (tertiary/aromatic N) is 5. The Hall–Kier alpha value is -3.61. The SMILES string of the molecule is C#C.CCOC.CNc1c(C)c(-c2cnn(C)c2)nn1C.O=CNC1CCN(CCCc2ccccc2)C1. The van der Waals surface area contributed by atoms with E-state index in [4.69, 9.17) is 0 Å². The van der Waals surface area contributed by atoms with E-state index in [1.54, 1.807) is 11.8 Å². The van der Waals surface area contributed by atoms with E-state index < -0.39 is 0 Å². The molecule has 3 heterocycles. The maximum atomic E-state index is 10.3. The molecule has 1 aliphatic heterocycles. The van der Waals surface area contributed by atoms with Crippen LogP contribution in [0.4, 0.5) is 5.82 Å². The average Bonchev–Trinajstić information content (AvgIpc) is 3.65. The Labute approximate surface area is 228 Å². The molecule has 0 bridgehead atoms. The molecule has 0 aliphatic carbocycles. The molecule has 1 unspecified atom stereocenters. The summed E-state index contributed by atoms with van der Waals surface area (Å²) in [5, 5.41) is 14.6. The van der Waals surface area contributed by atoms with Crippen molar-refractivity contribution in [1.29, 1.82) is 0 Å². The maximum absolute atomic E-state index is 10.3. The van der Waals surface area contributed by atoms with Crippen molar-refractivity contribution in [2.24, 2.45) is 14.1 Å². The van der Waals surface area contributed by atoms with E-state index in [0.29, 0.717) is 6.04 Å². The highest BCUT2D eigenvalue weighted by Crippen LogP contribution is 2.26. The van der Waals surface area contributed by atoms with Crippen LogP contribution in [-0.4, -0.2) is 77.3 Å². The molecule has 1 aromatic carbocycles. The van der Waals surface area contributed by atoms with Gasteiger partial charge in [-0.25, -0.2) is 0 Å². The predicted molar refractivity (Wildman–Crippen MR) is 156 cm³/mol. The Morgan fingerprint density at radius 1 is 1.21 bits per heavy atom. The summed E-state index contributed by atoms with van der Waals surface area (Å²) >= 11 is 0. The van der Waals surface area contributed by atoms with Gasteiger partial charge in [-0.05, 0) is 45.2 Å². The quantitative estimate of drug-likeness (QED) is 0.330. The lowest BCUT2D eigenvalue weighted by Crippen LogP contribution is -2.31. The van der Waals surface area contributed by atoms with E-state index in [2.05, 4.69) is 80.6 Å². The Balaban J connectivity index is 0.000000317. The maximum Gasteiger partial charge on any atom is 0.207 e. The van der Waals surface area contributed by atoms with Crippen molar-refractivity contribution in [3.63, 3.8) is 0 Å². The van der Waals surface area contributed by atoms with Crippen LogP contribution in [0.25, 0.3) is 11.3 Å². The smallest absolute Gasteiger partial charge is 0.207 e. The van der Waals surface area contributed by atoms with Crippen LogP contribution in [0.3, 0.4) is 0 Å². The first-order valence-corrected chi connectivity index (χ1v) is 12.9. The molecule has 1 aliphatic rings. The van der Waals surface area contributed by atoms with Gasteiger partial charge in [0.15, 0.2) is 0 Å². The van der Waals surface area contributed by atoms with Gasteiger partial charge in [-0.2, -0.15) is 10.2 Å². The van der Waals surface area contributed by atoms with Gasteiger partial charge in [0.1, 0.15) is 11.5 Å². The molecule has 0 spiro atoms. The highest BCUT2D eigenvalue weighted by molar-refractivity contribution is 5.67. The Morgan fingerprint density at radius 2 is 1.89 bits per heavy atom. The molecule has 1 amide bonds. The molecule has 4 rings (SSSR count). The zero-order valence-electron chi connectivity index (χ0n) is 23.9. The predicted octanol–water partition coefficient (Wildman–Crippen LogP) is 3.51. The molecule has 1 fully saturated rings. The largest absolute Gasteiger partial charge is 0.385 e. The first-order valence-electron chi connectivity index (χ1n) is 12.9. The van der Waals surface area contributed by atoms with Gasteiger partial charge in [0.2, 0.25) is 6.41 Å². The van der Waals surface area contributed by atoms with Gasteiger partial charge < -0.3 is 20.3 Å². The number of carbonyl (C=O) groups is 1. The molecule has 208 valence electrons. The molecule has 1 saturated heterocycles. The molecule has 9 heteroatoms. The number of hydrogen-bond acceptors (Lipinski definition) is 6. The fourth-order valence-corrected chi connectivity index (χ4v) is 4.22. The molecule has 1 atom stereocenters. The Bertz CT molecular complexity index is 1060. The molecule has 2 N–H and O–H groups in total. The summed E-state index contributed by atoms with van der Waals surface area (Å²) < 4.78 is 8.17. The zero-order chi connectivity index (χ0) is 28.3. The number of methoxy groups -OCH3 is 1. The van der Waals surface area contributed by atoms with E-state index in [0.717, 1.165) is 68.1 Å². The van der Waals surface area contributed by atoms with Gasteiger partial charge in [-0.15, -0.1) is 12.8 Å². The van der Waals surface area contributed by atoms with Crippen LogP contribution in [0.2, 0.25) is 0 Å². The lowest BCUT2D eigenvalue weighted by molar-refractivity contribution is -0.110. The molecule has 0 radical (unpaired) electrons. The number of benzene rings is 1.